The zero-order valence-corrected chi connectivity index (χ0v) is 9.83. The van der Waals surface area contributed by atoms with Gasteiger partial charge in [0.05, 0.1) is 10.7 Å². The minimum Gasteiger partial charge on any atom is -0.460 e. The quantitative estimate of drug-likeness (QED) is 0.765. The van der Waals surface area contributed by atoms with Crippen LogP contribution in [0.15, 0.2) is 21.2 Å². The lowest BCUT2D eigenvalue weighted by Crippen LogP contribution is -2.22. The maximum absolute atomic E-state index is 11.8. The molecular formula is C10H13BrO3. The maximum Gasteiger partial charge on any atom is 0.227 e. The van der Waals surface area contributed by atoms with Gasteiger partial charge in [-0.1, -0.05) is 13.3 Å². The molecule has 0 saturated heterocycles. The molecule has 0 aromatic carbocycles. The Morgan fingerprint density at radius 1 is 1.71 bits per heavy atom. The van der Waals surface area contributed by atoms with E-state index in [4.69, 9.17) is 9.15 Å². The second kappa shape index (κ2) is 5.32. The van der Waals surface area contributed by atoms with Crippen molar-refractivity contribution < 1.29 is 13.9 Å². The van der Waals surface area contributed by atoms with Gasteiger partial charge in [-0.05, 0) is 28.4 Å². The molecule has 4 heteroatoms. The standard InChI is InChI=1S/C10H13BrO3/c1-3-4-8(13-2)9(12)10-7(11)5-6-14-10/h5-6,8H,3-4H2,1-2H3. The van der Waals surface area contributed by atoms with E-state index in [2.05, 4.69) is 15.9 Å². The highest BCUT2D eigenvalue weighted by Gasteiger charge is 2.23. The Balaban J connectivity index is 2.78. The molecule has 0 fully saturated rings. The van der Waals surface area contributed by atoms with E-state index in [1.165, 1.54) is 13.4 Å². The highest BCUT2D eigenvalue weighted by Crippen LogP contribution is 2.21. The summed E-state index contributed by atoms with van der Waals surface area (Å²) in [5, 5.41) is 0. The number of hydrogen-bond acceptors (Lipinski definition) is 3. The number of hydrogen-bond donors (Lipinski definition) is 0. The fraction of sp³-hybridized carbons (Fsp3) is 0.500. The molecule has 0 radical (unpaired) electrons. The van der Waals surface area contributed by atoms with E-state index >= 15 is 0 Å². The van der Waals surface area contributed by atoms with E-state index in [1.807, 2.05) is 6.92 Å². The normalized spacial score (nSPS) is 12.8. The van der Waals surface area contributed by atoms with Crippen molar-refractivity contribution in [3.63, 3.8) is 0 Å². The van der Waals surface area contributed by atoms with Gasteiger partial charge in [0.25, 0.3) is 0 Å². The number of rotatable bonds is 5. The SMILES string of the molecule is CCCC(OC)C(=O)c1occc1Br. The molecular weight excluding hydrogens is 248 g/mol. The van der Waals surface area contributed by atoms with Gasteiger partial charge >= 0.3 is 0 Å². The van der Waals surface area contributed by atoms with Crippen LogP contribution in [0.1, 0.15) is 30.3 Å². The van der Waals surface area contributed by atoms with Crippen LogP contribution in [-0.4, -0.2) is 19.0 Å². The molecule has 3 nitrogen and oxygen atoms in total. The van der Waals surface area contributed by atoms with E-state index in [9.17, 15) is 4.79 Å². The number of furan rings is 1. The number of ether oxygens (including phenoxy) is 1. The maximum atomic E-state index is 11.8. The zero-order valence-electron chi connectivity index (χ0n) is 8.25. The Hall–Kier alpha value is -0.610. The van der Waals surface area contributed by atoms with Gasteiger partial charge in [-0.25, -0.2) is 0 Å². The summed E-state index contributed by atoms with van der Waals surface area (Å²) in [5.74, 6) is 0.233. The Morgan fingerprint density at radius 3 is 2.86 bits per heavy atom. The third-order valence-electron chi connectivity index (χ3n) is 1.97. The molecule has 0 amide bonds. The van der Waals surface area contributed by atoms with Crippen molar-refractivity contribution in [2.75, 3.05) is 7.11 Å². The Bertz CT molecular complexity index is 306. The number of carbonyl (C=O) groups is 1. The van der Waals surface area contributed by atoms with Crippen LogP contribution in [-0.2, 0) is 4.74 Å². The first-order chi connectivity index (χ1) is 6.70. The molecule has 1 unspecified atom stereocenters. The smallest absolute Gasteiger partial charge is 0.227 e. The van der Waals surface area contributed by atoms with Gasteiger partial charge < -0.3 is 9.15 Å². The highest BCUT2D eigenvalue weighted by molar-refractivity contribution is 9.10. The van der Waals surface area contributed by atoms with Gasteiger partial charge in [-0.3, -0.25) is 4.79 Å². The van der Waals surface area contributed by atoms with Crippen LogP contribution in [0.5, 0.6) is 0 Å². The zero-order chi connectivity index (χ0) is 10.6. The number of halogens is 1. The Labute approximate surface area is 91.6 Å². The van der Waals surface area contributed by atoms with E-state index < -0.39 is 6.10 Å². The minimum atomic E-state index is -0.401. The van der Waals surface area contributed by atoms with E-state index in [0.717, 1.165) is 6.42 Å². The fourth-order valence-electron chi connectivity index (χ4n) is 1.23. The molecule has 0 N–H and O–H groups in total. The van der Waals surface area contributed by atoms with Gasteiger partial charge in [-0.2, -0.15) is 0 Å². The lowest BCUT2D eigenvalue weighted by atomic mass is 10.1. The van der Waals surface area contributed by atoms with Crippen molar-refractivity contribution in [3.8, 4) is 0 Å². The van der Waals surface area contributed by atoms with Crippen molar-refractivity contribution in [2.45, 2.75) is 25.9 Å². The minimum absolute atomic E-state index is 0.105. The third-order valence-corrected chi connectivity index (χ3v) is 2.59. The number of ketones is 1. The van der Waals surface area contributed by atoms with Crippen LogP contribution in [0.2, 0.25) is 0 Å². The summed E-state index contributed by atoms with van der Waals surface area (Å²) in [6.07, 6.45) is 2.70. The molecule has 14 heavy (non-hydrogen) atoms. The lowest BCUT2D eigenvalue weighted by molar-refractivity contribution is 0.0550. The predicted octanol–water partition coefficient (Wildman–Crippen LogP) is 3.04. The molecule has 0 saturated carbocycles. The average Bonchev–Trinajstić information content (AvgIpc) is 2.59. The van der Waals surface area contributed by atoms with Crippen molar-refractivity contribution >= 4 is 21.7 Å². The van der Waals surface area contributed by atoms with Crippen molar-refractivity contribution in [2.24, 2.45) is 0 Å². The molecule has 0 spiro atoms. The molecule has 0 aliphatic rings. The molecule has 1 heterocycles. The van der Waals surface area contributed by atoms with Crippen LogP contribution >= 0.6 is 15.9 Å². The number of Topliss-reactive ketones (excluding diaryl/α,β-unsaturated/α-hetero) is 1. The Kier molecular flexibility index (Phi) is 4.35. The second-order valence-electron chi connectivity index (χ2n) is 2.97. The molecule has 1 rings (SSSR count). The van der Waals surface area contributed by atoms with Crippen LogP contribution in [0, 0.1) is 0 Å². The summed E-state index contributed by atoms with van der Waals surface area (Å²) in [7, 11) is 1.54. The van der Waals surface area contributed by atoms with Crippen LogP contribution in [0.3, 0.4) is 0 Å². The van der Waals surface area contributed by atoms with Crippen LogP contribution in [0.25, 0.3) is 0 Å². The summed E-state index contributed by atoms with van der Waals surface area (Å²) in [6, 6.07) is 1.70. The molecule has 0 aliphatic heterocycles. The first-order valence-corrected chi connectivity index (χ1v) is 5.30. The van der Waals surface area contributed by atoms with E-state index in [0.29, 0.717) is 16.7 Å². The second-order valence-corrected chi connectivity index (χ2v) is 3.83. The van der Waals surface area contributed by atoms with Gasteiger partial charge in [0.15, 0.2) is 5.76 Å². The number of methoxy groups -OCH3 is 1. The average molecular weight is 261 g/mol. The Morgan fingerprint density at radius 2 is 2.43 bits per heavy atom. The fourth-order valence-corrected chi connectivity index (χ4v) is 1.63. The van der Waals surface area contributed by atoms with E-state index in [1.54, 1.807) is 6.07 Å². The topological polar surface area (TPSA) is 39.4 Å². The predicted molar refractivity (Wildman–Crippen MR) is 56.4 cm³/mol. The van der Waals surface area contributed by atoms with Crippen molar-refractivity contribution in [1.29, 1.82) is 0 Å². The summed E-state index contributed by atoms with van der Waals surface area (Å²) in [6.45, 7) is 2.01. The summed E-state index contributed by atoms with van der Waals surface area (Å²) >= 11 is 3.25. The highest BCUT2D eigenvalue weighted by atomic mass is 79.9. The first-order valence-electron chi connectivity index (χ1n) is 4.50. The largest absolute Gasteiger partial charge is 0.460 e. The molecule has 0 aliphatic carbocycles. The summed E-state index contributed by atoms with van der Waals surface area (Å²) in [5.41, 5.74) is 0. The molecule has 78 valence electrons. The first kappa shape index (κ1) is 11.5. The van der Waals surface area contributed by atoms with Crippen molar-refractivity contribution in [1.82, 2.24) is 0 Å². The molecule has 0 bridgehead atoms. The summed E-state index contributed by atoms with van der Waals surface area (Å²) < 4.78 is 10.9. The van der Waals surface area contributed by atoms with Gasteiger partial charge in [0, 0.05) is 7.11 Å². The lowest BCUT2D eigenvalue weighted by Gasteiger charge is -2.11. The molecule has 1 atom stereocenters. The monoisotopic (exact) mass is 260 g/mol. The van der Waals surface area contributed by atoms with Gasteiger partial charge in [0.2, 0.25) is 5.78 Å². The van der Waals surface area contributed by atoms with E-state index in [-0.39, 0.29) is 5.78 Å². The van der Waals surface area contributed by atoms with Crippen LogP contribution < -0.4 is 0 Å². The molecule has 1 aromatic rings. The third kappa shape index (κ3) is 2.45. The van der Waals surface area contributed by atoms with Gasteiger partial charge in [-0.15, -0.1) is 0 Å². The summed E-state index contributed by atoms with van der Waals surface area (Å²) in [4.78, 5) is 11.8. The van der Waals surface area contributed by atoms with Gasteiger partial charge in [0.1, 0.15) is 6.10 Å². The molecule has 1 aromatic heterocycles. The van der Waals surface area contributed by atoms with Crippen molar-refractivity contribution in [3.05, 3.63) is 22.6 Å². The number of carbonyl (C=O) groups excluding carboxylic acids is 1. The van der Waals surface area contributed by atoms with Crippen LogP contribution in [0.4, 0.5) is 0 Å².